The number of benzene rings is 2. The minimum Gasteiger partial charge on any atom is -0.493 e. The van der Waals surface area contributed by atoms with Crippen LogP contribution >= 0.6 is 0 Å². The van der Waals surface area contributed by atoms with Gasteiger partial charge in [-0.15, -0.1) is 5.06 Å². The van der Waals surface area contributed by atoms with E-state index in [0.29, 0.717) is 23.9 Å². The highest BCUT2D eigenvalue weighted by Crippen LogP contribution is 2.37. The molecule has 26 heavy (non-hydrogen) atoms. The fraction of sp³-hybridized carbons (Fsp3) is 0.200. The van der Waals surface area contributed by atoms with Crippen molar-refractivity contribution in [3.8, 4) is 11.5 Å². The quantitative estimate of drug-likeness (QED) is 0.754. The first-order chi connectivity index (χ1) is 12.7. The van der Waals surface area contributed by atoms with Crippen LogP contribution in [0.4, 0.5) is 0 Å². The van der Waals surface area contributed by atoms with Crippen LogP contribution in [0.3, 0.4) is 0 Å². The van der Waals surface area contributed by atoms with Crippen LogP contribution in [0.2, 0.25) is 0 Å². The SMILES string of the molecule is COc1ccc(CN2OC(N)=CC2c2coc3ccccc23)cc1OC. The molecule has 2 N–H and O–H groups in total. The molecule has 1 unspecified atom stereocenters. The van der Waals surface area contributed by atoms with E-state index >= 15 is 0 Å². The standard InChI is InChI=1S/C20H20N2O4/c1-23-18-8-7-13(9-19(18)24-2)11-22-16(10-20(21)26-22)15-12-25-17-6-4-3-5-14(15)17/h3-10,12,16H,11,21H2,1-2H3. The zero-order valence-corrected chi connectivity index (χ0v) is 14.6. The maximum Gasteiger partial charge on any atom is 0.207 e. The molecular weight excluding hydrogens is 332 g/mol. The summed E-state index contributed by atoms with van der Waals surface area (Å²) in [4.78, 5) is 5.74. The number of hydroxylamine groups is 2. The van der Waals surface area contributed by atoms with Crippen LogP contribution in [-0.2, 0) is 11.4 Å². The lowest BCUT2D eigenvalue weighted by Gasteiger charge is -2.22. The molecule has 0 aliphatic carbocycles. The number of furan rings is 1. The second-order valence-electron chi connectivity index (χ2n) is 6.06. The fourth-order valence-electron chi connectivity index (χ4n) is 3.22. The third kappa shape index (κ3) is 2.84. The summed E-state index contributed by atoms with van der Waals surface area (Å²) in [6.07, 6.45) is 3.65. The second-order valence-corrected chi connectivity index (χ2v) is 6.06. The molecular formula is C20H20N2O4. The lowest BCUT2D eigenvalue weighted by atomic mass is 10.0. The van der Waals surface area contributed by atoms with Gasteiger partial charge in [0.15, 0.2) is 11.5 Å². The largest absolute Gasteiger partial charge is 0.493 e. The predicted octanol–water partition coefficient (Wildman–Crippen LogP) is 3.74. The number of fused-ring (bicyclic) bond motifs is 1. The van der Waals surface area contributed by atoms with Crippen LogP contribution in [0.5, 0.6) is 11.5 Å². The van der Waals surface area contributed by atoms with E-state index in [1.54, 1.807) is 20.5 Å². The average Bonchev–Trinajstić information content (AvgIpc) is 3.24. The maximum absolute atomic E-state index is 5.94. The Labute approximate surface area is 151 Å². The highest BCUT2D eigenvalue weighted by molar-refractivity contribution is 5.81. The molecule has 0 amide bonds. The molecule has 0 fully saturated rings. The predicted molar refractivity (Wildman–Crippen MR) is 97.4 cm³/mol. The summed E-state index contributed by atoms with van der Waals surface area (Å²) in [5.41, 5.74) is 8.82. The van der Waals surface area contributed by atoms with Crippen LogP contribution in [-0.4, -0.2) is 19.3 Å². The van der Waals surface area contributed by atoms with Crippen LogP contribution in [0.25, 0.3) is 11.0 Å². The first kappa shape index (κ1) is 16.4. The lowest BCUT2D eigenvalue weighted by molar-refractivity contribution is -0.127. The Morgan fingerprint density at radius 1 is 1.08 bits per heavy atom. The molecule has 134 valence electrons. The molecule has 6 heteroatoms. The number of para-hydroxylation sites is 1. The van der Waals surface area contributed by atoms with Gasteiger partial charge in [0, 0.05) is 17.0 Å². The van der Waals surface area contributed by atoms with Crippen molar-refractivity contribution in [3.63, 3.8) is 0 Å². The molecule has 2 heterocycles. The third-order valence-electron chi connectivity index (χ3n) is 4.47. The van der Waals surface area contributed by atoms with Gasteiger partial charge in [-0.25, -0.2) is 0 Å². The minimum absolute atomic E-state index is 0.133. The molecule has 0 saturated heterocycles. The van der Waals surface area contributed by atoms with E-state index < -0.39 is 0 Å². The zero-order chi connectivity index (χ0) is 18.1. The van der Waals surface area contributed by atoms with Crippen molar-refractivity contribution in [3.05, 3.63) is 71.8 Å². The van der Waals surface area contributed by atoms with Crippen LogP contribution in [0, 0.1) is 0 Å². The molecule has 1 aromatic heterocycles. The van der Waals surface area contributed by atoms with Gasteiger partial charge in [0.1, 0.15) is 5.58 Å². The van der Waals surface area contributed by atoms with Gasteiger partial charge in [-0.2, -0.15) is 0 Å². The van der Waals surface area contributed by atoms with Gasteiger partial charge in [-0.3, -0.25) is 0 Å². The fourth-order valence-corrected chi connectivity index (χ4v) is 3.22. The van der Waals surface area contributed by atoms with Gasteiger partial charge in [-0.1, -0.05) is 24.3 Å². The Morgan fingerprint density at radius 3 is 2.69 bits per heavy atom. The van der Waals surface area contributed by atoms with Crippen molar-refractivity contribution in [2.24, 2.45) is 5.73 Å². The van der Waals surface area contributed by atoms with Crippen LogP contribution in [0.1, 0.15) is 17.2 Å². The summed E-state index contributed by atoms with van der Waals surface area (Å²) in [6, 6.07) is 13.6. The highest BCUT2D eigenvalue weighted by atomic mass is 16.7. The minimum atomic E-state index is -0.133. The molecule has 0 saturated carbocycles. The molecule has 3 aromatic rings. The summed E-state index contributed by atoms with van der Waals surface area (Å²) in [5, 5.41) is 2.87. The Hall–Kier alpha value is -3.12. The Morgan fingerprint density at radius 2 is 1.88 bits per heavy atom. The number of rotatable bonds is 5. The van der Waals surface area contributed by atoms with E-state index in [9.17, 15) is 0 Å². The summed E-state index contributed by atoms with van der Waals surface area (Å²) in [6.45, 7) is 0.529. The number of methoxy groups -OCH3 is 2. The molecule has 1 aliphatic heterocycles. The molecule has 1 atom stereocenters. The molecule has 0 bridgehead atoms. The number of nitrogens with zero attached hydrogens (tertiary/aromatic N) is 1. The first-order valence-electron chi connectivity index (χ1n) is 8.28. The summed E-state index contributed by atoms with van der Waals surface area (Å²) in [5.74, 6) is 1.74. The van der Waals surface area contributed by atoms with Crippen molar-refractivity contribution >= 4 is 11.0 Å². The molecule has 6 nitrogen and oxygen atoms in total. The second kappa shape index (κ2) is 6.65. The molecule has 0 spiro atoms. The van der Waals surface area contributed by atoms with Crippen molar-refractivity contribution in [1.82, 2.24) is 5.06 Å². The van der Waals surface area contributed by atoms with E-state index in [0.717, 1.165) is 22.1 Å². The molecule has 2 aromatic carbocycles. The molecule has 1 aliphatic rings. The molecule has 0 radical (unpaired) electrons. The van der Waals surface area contributed by atoms with E-state index in [1.165, 1.54) is 0 Å². The van der Waals surface area contributed by atoms with Crippen molar-refractivity contribution in [1.29, 1.82) is 0 Å². The number of hydrogen-bond acceptors (Lipinski definition) is 6. The van der Waals surface area contributed by atoms with Gasteiger partial charge in [0.25, 0.3) is 0 Å². The van der Waals surface area contributed by atoms with Gasteiger partial charge in [0.05, 0.1) is 33.1 Å². The Balaban J connectivity index is 1.64. The number of ether oxygens (including phenoxy) is 2. The molecule has 4 rings (SSSR count). The van der Waals surface area contributed by atoms with Crippen molar-refractivity contribution in [2.45, 2.75) is 12.6 Å². The Bertz CT molecular complexity index is 963. The van der Waals surface area contributed by atoms with Gasteiger partial charge in [0.2, 0.25) is 5.88 Å². The third-order valence-corrected chi connectivity index (χ3v) is 4.47. The normalized spacial score (nSPS) is 17.2. The summed E-state index contributed by atoms with van der Waals surface area (Å²) < 4.78 is 16.3. The monoisotopic (exact) mass is 352 g/mol. The lowest BCUT2D eigenvalue weighted by Crippen LogP contribution is -2.23. The summed E-state index contributed by atoms with van der Waals surface area (Å²) in [7, 11) is 3.24. The van der Waals surface area contributed by atoms with E-state index in [1.807, 2.05) is 53.6 Å². The van der Waals surface area contributed by atoms with Crippen LogP contribution in [0.15, 0.2) is 65.1 Å². The first-order valence-corrected chi connectivity index (χ1v) is 8.28. The van der Waals surface area contributed by atoms with E-state index in [2.05, 4.69) is 0 Å². The summed E-state index contributed by atoms with van der Waals surface area (Å²) >= 11 is 0. The van der Waals surface area contributed by atoms with Crippen molar-refractivity contribution in [2.75, 3.05) is 14.2 Å². The number of hydrogen-bond donors (Lipinski definition) is 1. The van der Waals surface area contributed by atoms with E-state index in [-0.39, 0.29) is 6.04 Å². The highest BCUT2D eigenvalue weighted by Gasteiger charge is 2.30. The van der Waals surface area contributed by atoms with Crippen LogP contribution < -0.4 is 15.2 Å². The van der Waals surface area contributed by atoms with Crippen molar-refractivity contribution < 1.29 is 18.7 Å². The van der Waals surface area contributed by atoms with Gasteiger partial charge < -0.3 is 24.5 Å². The van der Waals surface area contributed by atoms with Gasteiger partial charge in [-0.05, 0) is 23.8 Å². The smallest absolute Gasteiger partial charge is 0.207 e. The topological polar surface area (TPSA) is 70.1 Å². The van der Waals surface area contributed by atoms with E-state index in [4.69, 9.17) is 24.5 Å². The zero-order valence-electron chi connectivity index (χ0n) is 14.6. The Kier molecular flexibility index (Phi) is 4.18. The van der Waals surface area contributed by atoms with Gasteiger partial charge >= 0.3 is 0 Å². The maximum atomic E-state index is 5.94. The average molecular weight is 352 g/mol. The number of nitrogens with two attached hydrogens (primary N) is 1.